The highest BCUT2D eigenvalue weighted by molar-refractivity contribution is 9.10. The predicted octanol–water partition coefficient (Wildman–Crippen LogP) is 3.57. The van der Waals surface area contributed by atoms with Gasteiger partial charge in [-0.05, 0) is 46.8 Å². The number of hydrogen-bond donors (Lipinski definition) is 1. The fraction of sp³-hybridized carbons (Fsp3) is 0.600. The number of nitrogens with one attached hydrogen (secondary N) is 1. The first-order chi connectivity index (χ1) is 6.31. The molecule has 0 aromatic carbocycles. The molecule has 0 bridgehead atoms. The standard InChI is InChI=1S/C10H14BrNS/c1-12-9(6-7-2-3-7)10-8(11)4-5-13-10/h4-5,7,9,12H,2-3,6H2,1H3. The van der Waals surface area contributed by atoms with Gasteiger partial charge in [-0.15, -0.1) is 11.3 Å². The van der Waals surface area contributed by atoms with Crippen LogP contribution in [-0.4, -0.2) is 7.05 Å². The summed E-state index contributed by atoms with van der Waals surface area (Å²) in [5.41, 5.74) is 0. The molecular formula is C10H14BrNS. The SMILES string of the molecule is CNC(CC1CC1)c1sccc1Br. The molecule has 1 aliphatic rings. The Hall–Kier alpha value is 0.140. The lowest BCUT2D eigenvalue weighted by molar-refractivity contribution is 0.520. The van der Waals surface area contributed by atoms with Crippen LogP contribution >= 0.6 is 27.3 Å². The molecule has 1 heterocycles. The smallest absolute Gasteiger partial charge is 0.0426 e. The van der Waals surface area contributed by atoms with Crippen LogP contribution in [0.3, 0.4) is 0 Å². The molecule has 1 aromatic heterocycles. The summed E-state index contributed by atoms with van der Waals surface area (Å²) in [6.45, 7) is 0. The second kappa shape index (κ2) is 4.11. The molecule has 0 saturated heterocycles. The monoisotopic (exact) mass is 259 g/mol. The zero-order valence-electron chi connectivity index (χ0n) is 7.72. The minimum atomic E-state index is 0.557. The van der Waals surface area contributed by atoms with Gasteiger partial charge in [-0.25, -0.2) is 0 Å². The van der Waals surface area contributed by atoms with Crippen molar-refractivity contribution in [2.75, 3.05) is 7.05 Å². The largest absolute Gasteiger partial charge is 0.312 e. The molecule has 72 valence electrons. The van der Waals surface area contributed by atoms with Gasteiger partial charge in [0.25, 0.3) is 0 Å². The second-order valence-electron chi connectivity index (χ2n) is 3.65. The first-order valence-corrected chi connectivity index (χ1v) is 6.38. The van der Waals surface area contributed by atoms with Crippen LogP contribution in [0.25, 0.3) is 0 Å². The van der Waals surface area contributed by atoms with E-state index in [4.69, 9.17) is 0 Å². The van der Waals surface area contributed by atoms with Crippen molar-refractivity contribution in [3.05, 3.63) is 20.8 Å². The molecule has 1 N–H and O–H groups in total. The quantitative estimate of drug-likeness (QED) is 0.872. The van der Waals surface area contributed by atoms with Gasteiger partial charge < -0.3 is 5.32 Å². The van der Waals surface area contributed by atoms with E-state index < -0.39 is 0 Å². The molecule has 0 amide bonds. The molecule has 1 nitrogen and oxygen atoms in total. The van der Waals surface area contributed by atoms with Gasteiger partial charge in [-0.1, -0.05) is 12.8 Å². The summed E-state index contributed by atoms with van der Waals surface area (Å²) in [5.74, 6) is 0.978. The minimum absolute atomic E-state index is 0.557. The lowest BCUT2D eigenvalue weighted by Crippen LogP contribution is -2.16. The zero-order valence-corrected chi connectivity index (χ0v) is 10.1. The molecular weight excluding hydrogens is 246 g/mol. The predicted molar refractivity (Wildman–Crippen MR) is 61.2 cm³/mol. The van der Waals surface area contributed by atoms with Crippen LogP contribution < -0.4 is 5.32 Å². The third kappa shape index (κ3) is 2.33. The van der Waals surface area contributed by atoms with Gasteiger partial charge in [0.15, 0.2) is 0 Å². The molecule has 3 heteroatoms. The fourth-order valence-corrected chi connectivity index (χ4v) is 3.37. The summed E-state index contributed by atoms with van der Waals surface area (Å²) in [5, 5.41) is 5.55. The minimum Gasteiger partial charge on any atom is -0.312 e. The van der Waals surface area contributed by atoms with E-state index in [-0.39, 0.29) is 0 Å². The maximum absolute atomic E-state index is 3.59. The molecule has 1 unspecified atom stereocenters. The molecule has 13 heavy (non-hydrogen) atoms. The van der Waals surface area contributed by atoms with Crippen molar-refractivity contribution in [2.24, 2.45) is 5.92 Å². The average Bonchev–Trinajstić information content (AvgIpc) is 2.85. The van der Waals surface area contributed by atoms with Crippen LogP contribution in [0.1, 0.15) is 30.2 Å². The Bertz CT molecular complexity index is 280. The molecule has 1 fully saturated rings. The highest BCUT2D eigenvalue weighted by Gasteiger charge is 2.26. The zero-order chi connectivity index (χ0) is 9.26. The van der Waals surface area contributed by atoms with Crippen molar-refractivity contribution >= 4 is 27.3 Å². The fourth-order valence-electron chi connectivity index (χ4n) is 1.60. The van der Waals surface area contributed by atoms with Crippen molar-refractivity contribution in [1.82, 2.24) is 5.32 Å². The third-order valence-corrected chi connectivity index (χ3v) is 4.56. The van der Waals surface area contributed by atoms with E-state index in [2.05, 4.69) is 39.7 Å². The molecule has 1 aromatic rings. The lowest BCUT2D eigenvalue weighted by atomic mass is 10.1. The third-order valence-electron chi connectivity index (χ3n) is 2.58. The van der Waals surface area contributed by atoms with Crippen LogP contribution in [0, 0.1) is 5.92 Å². The van der Waals surface area contributed by atoms with Gasteiger partial charge in [0.05, 0.1) is 0 Å². The van der Waals surface area contributed by atoms with Crippen molar-refractivity contribution < 1.29 is 0 Å². The number of halogens is 1. The molecule has 2 rings (SSSR count). The molecule has 1 aliphatic carbocycles. The van der Waals surface area contributed by atoms with Gasteiger partial charge in [-0.2, -0.15) is 0 Å². The number of rotatable bonds is 4. The second-order valence-corrected chi connectivity index (χ2v) is 5.46. The lowest BCUT2D eigenvalue weighted by Gasteiger charge is -2.14. The van der Waals surface area contributed by atoms with Crippen molar-refractivity contribution in [2.45, 2.75) is 25.3 Å². The summed E-state index contributed by atoms with van der Waals surface area (Å²) in [6.07, 6.45) is 4.16. The van der Waals surface area contributed by atoms with E-state index in [0.717, 1.165) is 5.92 Å². The number of thiophene rings is 1. The van der Waals surface area contributed by atoms with Crippen molar-refractivity contribution in [3.8, 4) is 0 Å². The Morgan fingerprint density at radius 2 is 2.46 bits per heavy atom. The van der Waals surface area contributed by atoms with E-state index in [1.807, 2.05) is 11.3 Å². The van der Waals surface area contributed by atoms with E-state index in [1.165, 1.54) is 28.6 Å². The first kappa shape index (κ1) is 9.69. The Morgan fingerprint density at radius 1 is 1.69 bits per heavy atom. The van der Waals surface area contributed by atoms with Gasteiger partial charge >= 0.3 is 0 Å². The highest BCUT2D eigenvalue weighted by atomic mass is 79.9. The van der Waals surface area contributed by atoms with E-state index in [0.29, 0.717) is 6.04 Å². The maximum atomic E-state index is 3.59. The van der Waals surface area contributed by atoms with Gasteiger partial charge in [-0.3, -0.25) is 0 Å². The summed E-state index contributed by atoms with van der Waals surface area (Å²) in [6, 6.07) is 2.69. The van der Waals surface area contributed by atoms with Gasteiger partial charge in [0.1, 0.15) is 0 Å². The topological polar surface area (TPSA) is 12.0 Å². The van der Waals surface area contributed by atoms with Crippen LogP contribution in [0.15, 0.2) is 15.9 Å². The van der Waals surface area contributed by atoms with Crippen LogP contribution in [0.4, 0.5) is 0 Å². The summed E-state index contributed by atoms with van der Waals surface area (Å²) >= 11 is 5.43. The normalized spacial score (nSPS) is 18.9. The first-order valence-electron chi connectivity index (χ1n) is 4.71. The van der Waals surface area contributed by atoms with Gasteiger partial charge in [0.2, 0.25) is 0 Å². The maximum Gasteiger partial charge on any atom is 0.0426 e. The molecule has 0 aliphatic heterocycles. The molecule has 1 atom stereocenters. The van der Waals surface area contributed by atoms with E-state index >= 15 is 0 Å². The Kier molecular flexibility index (Phi) is 3.06. The van der Waals surface area contributed by atoms with Crippen molar-refractivity contribution in [3.63, 3.8) is 0 Å². The Morgan fingerprint density at radius 3 is 2.92 bits per heavy atom. The van der Waals surface area contributed by atoms with E-state index in [9.17, 15) is 0 Å². The molecule has 1 saturated carbocycles. The highest BCUT2D eigenvalue weighted by Crippen LogP contribution is 2.40. The Labute approximate surface area is 91.7 Å². The van der Waals surface area contributed by atoms with Crippen LogP contribution in [0.5, 0.6) is 0 Å². The van der Waals surface area contributed by atoms with Crippen LogP contribution in [-0.2, 0) is 0 Å². The van der Waals surface area contributed by atoms with Crippen molar-refractivity contribution in [1.29, 1.82) is 0 Å². The van der Waals surface area contributed by atoms with Gasteiger partial charge in [0, 0.05) is 15.4 Å². The van der Waals surface area contributed by atoms with E-state index in [1.54, 1.807) is 0 Å². The Balaban J connectivity index is 2.06. The summed E-state index contributed by atoms with van der Waals surface area (Å²) < 4.78 is 1.26. The molecule has 0 spiro atoms. The average molecular weight is 260 g/mol. The summed E-state index contributed by atoms with van der Waals surface area (Å²) in [4.78, 5) is 1.45. The molecule has 0 radical (unpaired) electrons. The number of hydrogen-bond acceptors (Lipinski definition) is 2. The van der Waals surface area contributed by atoms with Crippen LogP contribution in [0.2, 0.25) is 0 Å². The summed E-state index contributed by atoms with van der Waals surface area (Å²) in [7, 11) is 2.05.